The first-order valence-corrected chi connectivity index (χ1v) is 14.9. The normalized spacial score (nSPS) is 18.6. The summed E-state index contributed by atoms with van der Waals surface area (Å²) in [6, 6.07) is -1.85. The second-order valence-corrected chi connectivity index (χ2v) is 11.8. The summed E-state index contributed by atoms with van der Waals surface area (Å²) in [5, 5.41) is 14.0. The molecule has 1 fully saturated rings. The molecule has 41 heavy (non-hydrogen) atoms. The number of carbonyl (C=O) groups is 5. The second-order valence-electron chi connectivity index (χ2n) is 11.0. The fourth-order valence-electron chi connectivity index (χ4n) is 4.91. The van der Waals surface area contributed by atoms with E-state index in [0.29, 0.717) is 12.8 Å². The molecule has 13 heteroatoms. The number of aromatic carboxylic acids is 1. The van der Waals surface area contributed by atoms with E-state index in [1.165, 1.54) is 24.1 Å². The zero-order chi connectivity index (χ0) is 30.9. The molecule has 0 aromatic carbocycles. The van der Waals surface area contributed by atoms with Crippen LogP contribution in [-0.2, 0) is 28.7 Å². The molecule has 2 heterocycles. The van der Waals surface area contributed by atoms with Crippen LogP contribution >= 0.6 is 11.3 Å². The van der Waals surface area contributed by atoms with Gasteiger partial charge in [0.2, 0.25) is 11.8 Å². The number of esters is 2. The first kappa shape index (κ1) is 34.1. The molecule has 1 aromatic heterocycles. The molecule has 0 saturated carbocycles. The van der Waals surface area contributed by atoms with Crippen molar-refractivity contribution in [3.63, 3.8) is 0 Å². The number of nitrogens with one attached hydrogen (secondary N) is 1. The Morgan fingerprint density at radius 2 is 1.85 bits per heavy atom. The van der Waals surface area contributed by atoms with Crippen LogP contribution < -0.4 is 5.32 Å². The molecular weight excluding hydrogens is 552 g/mol. The zero-order valence-electron chi connectivity index (χ0n) is 25.0. The van der Waals surface area contributed by atoms with Gasteiger partial charge >= 0.3 is 17.9 Å². The Morgan fingerprint density at radius 1 is 1.17 bits per heavy atom. The van der Waals surface area contributed by atoms with E-state index in [-0.39, 0.29) is 47.6 Å². The van der Waals surface area contributed by atoms with Crippen LogP contribution in [0, 0.1) is 11.8 Å². The van der Waals surface area contributed by atoms with E-state index < -0.39 is 42.0 Å². The van der Waals surface area contributed by atoms with E-state index in [1.54, 1.807) is 0 Å². The van der Waals surface area contributed by atoms with Gasteiger partial charge in [-0.25, -0.2) is 9.78 Å². The number of likely N-dealkylation sites (tertiary alicyclic amines) is 1. The molecule has 2 amide bonds. The van der Waals surface area contributed by atoms with Crippen LogP contribution in [0.3, 0.4) is 0 Å². The Labute approximate surface area is 245 Å². The molecule has 0 radical (unpaired) electrons. The number of carboxylic acids is 1. The minimum absolute atomic E-state index is 0.0728. The van der Waals surface area contributed by atoms with Crippen molar-refractivity contribution in [3.05, 3.63) is 16.1 Å². The highest BCUT2D eigenvalue weighted by atomic mass is 32.1. The highest BCUT2D eigenvalue weighted by Crippen LogP contribution is 2.31. The average Bonchev–Trinajstić information content (AvgIpc) is 3.40. The van der Waals surface area contributed by atoms with Gasteiger partial charge in [-0.05, 0) is 38.3 Å². The Balaban J connectivity index is 2.45. The average molecular weight is 597 g/mol. The molecule has 1 aliphatic rings. The van der Waals surface area contributed by atoms with Crippen LogP contribution in [0.5, 0.6) is 0 Å². The lowest BCUT2D eigenvalue weighted by atomic mass is 9.92. The topological polar surface area (TPSA) is 155 Å². The van der Waals surface area contributed by atoms with Gasteiger partial charge < -0.3 is 24.8 Å². The molecule has 12 nitrogen and oxygen atoms in total. The van der Waals surface area contributed by atoms with Gasteiger partial charge in [-0.3, -0.25) is 24.1 Å². The summed E-state index contributed by atoms with van der Waals surface area (Å²) in [5.41, 5.74) is -0.177. The van der Waals surface area contributed by atoms with Crippen molar-refractivity contribution in [2.75, 3.05) is 20.3 Å². The molecule has 1 aromatic rings. The van der Waals surface area contributed by atoms with Crippen LogP contribution in [-0.4, -0.2) is 88.1 Å². The molecule has 0 spiro atoms. The summed E-state index contributed by atoms with van der Waals surface area (Å²) in [7, 11) is 1.90. The maximum absolute atomic E-state index is 14.2. The number of hydrogen-bond donors (Lipinski definition) is 2. The molecule has 1 aliphatic heterocycles. The Morgan fingerprint density at radius 3 is 2.37 bits per heavy atom. The lowest BCUT2D eigenvalue weighted by molar-refractivity contribution is -0.159. The fourth-order valence-corrected chi connectivity index (χ4v) is 5.75. The van der Waals surface area contributed by atoms with E-state index in [2.05, 4.69) is 10.3 Å². The molecule has 5 unspecified atom stereocenters. The molecule has 0 bridgehead atoms. The lowest BCUT2D eigenvalue weighted by Gasteiger charge is -2.39. The summed E-state index contributed by atoms with van der Waals surface area (Å²) in [4.78, 5) is 70.4. The number of amides is 2. The number of nitrogens with zero attached hydrogens (tertiary/aromatic N) is 3. The van der Waals surface area contributed by atoms with E-state index >= 15 is 0 Å². The highest BCUT2D eigenvalue weighted by molar-refractivity contribution is 7.09. The number of rotatable bonds is 14. The number of thiazole rings is 1. The van der Waals surface area contributed by atoms with E-state index in [9.17, 15) is 29.1 Å². The Bertz CT molecular complexity index is 1080. The van der Waals surface area contributed by atoms with Gasteiger partial charge in [0.15, 0.2) is 18.5 Å². The SMILES string of the molecule is CCC(C)C(NC(=O)C1CCCCN1C)C(=O)N(COC(C)=O)C(CC(OC(C)=O)c1nc(C(=O)O)cs1)C(C)C. The Hall–Kier alpha value is -3.06. The zero-order valence-corrected chi connectivity index (χ0v) is 25.9. The van der Waals surface area contributed by atoms with E-state index in [0.717, 1.165) is 30.7 Å². The number of ether oxygens (including phenoxy) is 2. The van der Waals surface area contributed by atoms with Gasteiger partial charge in [-0.15, -0.1) is 11.3 Å². The molecule has 0 aliphatic carbocycles. The second kappa shape index (κ2) is 15.8. The minimum Gasteiger partial charge on any atom is -0.476 e. The number of aromatic nitrogens is 1. The van der Waals surface area contributed by atoms with Gasteiger partial charge in [0.05, 0.1) is 6.04 Å². The van der Waals surface area contributed by atoms with E-state index in [4.69, 9.17) is 9.47 Å². The standard InChI is InChI=1S/C28H44N4O8S/c1-8-17(4)24(30-25(35)21-11-9-10-12-31(21)7)27(36)32(15-39-18(5)33)22(16(2)3)13-23(40-19(6)34)26-29-20(14-41-26)28(37)38/h14,16-17,21-24H,8-13,15H2,1-7H3,(H,30,35)(H,37,38). The fraction of sp³-hybridized carbons (Fsp3) is 0.714. The quantitative estimate of drug-likeness (QED) is 0.242. The highest BCUT2D eigenvalue weighted by Gasteiger charge is 2.39. The molecule has 2 N–H and O–H groups in total. The van der Waals surface area contributed by atoms with Crippen LogP contribution in [0.4, 0.5) is 0 Å². The number of carboxylic acid groups (broad SMARTS) is 1. The molecule has 230 valence electrons. The van der Waals surface area contributed by atoms with Crippen molar-refractivity contribution >= 4 is 41.1 Å². The summed E-state index contributed by atoms with van der Waals surface area (Å²) < 4.78 is 10.9. The number of likely N-dealkylation sites (N-methyl/N-ethyl adjacent to an activating group) is 1. The van der Waals surface area contributed by atoms with Crippen LogP contribution in [0.15, 0.2) is 5.38 Å². The predicted octanol–water partition coefficient (Wildman–Crippen LogP) is 3.22. The van der Waals surface area contributed by atoms with Crippen molar-refractivity contribution in [2.24, 2.45) is 11.8 Å². The van der Waals surface area contributed by atoms with Gasteiger partial charge in [-0.1, -0.05) is 40.5 Å². The van der Waals surface area contributed by atoms with Gasteiger partial charge in [0.1, 0.15) is 11.0 Å². The molecular formula is C28H44N4O8S. The number of hydrogen-bond acceptors (Lipinski definition) is 10. The van der Waals surface area contributed by atoms with Gasteiger partial charge in [0.25, 0.3) is 0 Å². The largest absolute Gasteiger partial charge is 0.476 e. The van der Waals surface area contributed by atoms with Gasteiger partial charge in [-0.2, -0.15) is 0 Å². The lowest BCUT2D eigenvalue weighted by Crippen LogP contribution is -2.59. The summed E-state index contributed by atoms with van der Waals surface area (Å²) in [6.07, 6.45) is 2.37. The van der Waals surface area contributed by atoms with Crippen molar-refractivity contribution in [1.29, 1.82) is 0 Å². The van der Waals surface area contributed by atoms with Crippen LogP contribution in [0.2, 0.25) is 0 Å². The summed E-state index contributed by atoms with van der Waals surface area (Å²) in [5.74, 6) is -3.46. The summed E-state index contributed by atoms with van der Waals surface area (Å²) in [6.45, 7) is 10.5. The maximum Gasteiger partial charge on any atom is 0.355 e. The Kier molecular flexibility index (Phi) is 13.2. The molecule has 1 saturated heterocycles. The van der Waals surface area contributed by atoms with Crippen molar-refractivity contribution in [2.45, 2.75) is 97.9 Å². The van der Waals surface area contributed by atoms with Crippen molar-refractivity contribution in [3.8, 4) is 0 Å². The van der Waals surface area contributed by atoms with Crippen LogP contribution in [0.1, 0.15) is 95.2 Å². The smallest absolute Gasteiger partial charge is 0.355 e. The minimum atomic E-state index is -1.21. The third kappa shape index (κ3) is 9.77. The van der Waals surface area contributed by atoms with Gasteiger partial charge in [0, 0.05) is 31.7 Å². The monoisotopic (exact) mass is 596 g/mol. The third-order valence-corrected chi connectivity index (χ3v) is 8.43. The number of carbonyl (C=O) groups excluding carboxylic acids is 4. The van der Waals surface area contributed by atoms with Crippen molar-refractivity contribution in [1.82, 2.24) is 20.1 Å². The number of piperidine rings is 1. The predicted molar refractivity (Wildman–Crippen MR) is 152 cm³/mol. The molecule has 2 rings (SSSR count). The van der Waals surface area contributed by atoms with E-state index in [1.807, 2.05) is 39.6 Å². The van der Waals surface area contributed by atoms with Crippen molar-refractivity contribution < 1.29 is 38.6 Å². The first-order valence-electron chi connectivity index (χ1n) is 14.1. The molecule has 5 atom stereocenters. The van der Waals surface area contributed by atoms with Crippen LogP contribution in [0.25, 0.3) is 0 Å². The third-order valence-electron chi connectivity index (χ3n) is 7.49. The summed E-state index contributed by atoms with van der Waals surface area (Å²) >= 11 is 1.04. The first-order chi connectivity index (χ1) is 19.3. The maximum atomic E-state index is 14.2.